The lowest BCUT2D eigenvalue weighted by Crippen LogP contribution is -2.05. The highest BCUT2D eigenvalue weighted by Gasteiger charge is 1.87. The lowest BCUT2D eigenvalue weighted by Gasteiger charge is -2.03. The molecule has 0 aliphatic carbocycles. The Labute approximate surface area is 73.5 Å². The number of ether oxygens (including phenoxy) is 2. The molecule has 0 rings (SSSR count). The van der Waals surface area contributed by atoms with E-state index >= 15 is 0 Å². The Hall–Kier alpha value is -0.160. The van der Waals surface area contributed by atoms with E-state index in [2.05, 4.69) is 15.2 Å². The predicted molar refractivity (Wildman–Crippen MR) is 45.8 cm³/mol. The van der Waals surface area contributed by atoms with E-state index < -0.39 is 0 Å². The first-order valence-electron chi connectivity index (χ1n) is 2.92. The second kappa shape index (κ2) is 16.4. The molecule has 0 amide bonds. The fourth-order valence-corrected chi connectivity index (χ4v) is 0.0962. The maximum Gasteiger partial charge on any atom is 0.154 e. The smallest absolute Gasteiger partial charge is 0.154 e. The van der Waals surface area contributed by atoms with Crippen molar-refractivity contribution in [3.63, 3.8) is 0 Å². The standard InChI is InChI=1S/C4H10O2.C2H5NO.ClH/c1-4(5-2)6-3;3-1-2-4;/h4H,1-3H3;2H,1,3H2;1H. The second-order valence-electron chi connectivity index (χ2n) is 1.44. The molecule has 70 valence electrons. The van der Waals surface area contributed by atoms with Gasteiger partial charge in [-0.15, -0.1) is 12.4 Å². The van der Waals surface area contributed by atoms with Crippen LogP contribution in [0, 0.1) is 0 Å². The highest BCUT2D eigenvalue weighted by molar-refractivity contribution is 5.85. The largest absolute Gasteiger partial charge is 0.356 e. The van der Waals surface area contributed by atoms with Crippen LogP contribution in [0.1, 0.15) is 6.92 Å². The van der Waals surface area contributed by atoms with Crippen LogP contribution in [0.5, 0.6) is 0 Å². The molecule has 5 heteroatoms. The van der Waals surface area contributed by atoms with Gasteiger partial charge >= 0.3 is 0 Å². The molecule has 4 nitrogen and oxygen atoms in total. The van der Waals surface area contributed by atoms with E-state index in [1.165, 1.54) is 0 Å². The molecule has 0 aromatic rings. The molecule has 0 aromatic carbocycles. The lowest BCUT2D eigenvalue weighted by molar-refractivity contribution is -0.106. The third kappa shape index (κ3) is 25.8. The van der Waals surface area contributed by atoms with Gasteiger partial charge in [-0.1, -0.05) is 0 Å². The van der Waals surface area contributed by atoms with Crippen LogP contribution in [0.4, 0.5) is 0 Å². The van der Waals surface area contributed by atoms with Crippen LogP contribution in [-0.4, -0.2) is 33.3 Å². The molecule has 0 fully saturated rings. The van der Waals surface area contributed by atoms with Crippen LogP contribution in [0.2, 0.25) is 0 Å². The number of aldehydes is 1. The highest BCUT2D eigenvalue weighted by Crippen LogP contribution is 1.82. The summed E-state index contributed by atoms with van der Waals surface area (Å²) in [5.41, 5.74) is 4.66. The molecule has 0 saturated carbocycles. The van der Waals surface area contributed by atoms with E-state index in [4.69, 9.17) is 4.79 Å². The zero-order chi connectivity index (χ0) is 8.41. The van der Waals surface area contributed by atoms with Crippen molar-refractivity contribution in [1.82, 2.24) is 0 Å². The van der Waals surface area contributed by atoms with E-state index in [1.807, 2.05) is 6.92 Å². The van der Waals surface area contributed by atoms with Crippen LogP contribution < -0.4 is 5.73 Å². The fourth-order valence-electron chi connectivity index (χ4n) is 0.0962. The van der Waals surface area contributed by atoms with E-state index in [0.29, 0.717) is 6.29 Å². The van der Waals surface area contributed by atoms with Gasteiger partial charge in [-0.25, -0.2) is 0 Å². The van der Waals surface area contributed by atoms with Gasteiger partial charge in [-0.05, 0) is 6.92 Å². The third-order valence-corrected chi connectivity index (χ3v) is 0.760. The quantitative estimate of drug-likeness (QED) is 0.504. The Balaban J connectivity index is -0.000000114. The van der Waals surface area contributed by atoms with E-state index in [1.54, 1.807) is 14.2 Å². The molecule has 0 heterocycles. The minimum atomic E-state index is -0.0648. The molecular formula is C6H16ClNO3. The van der Waals surface area contributed by atoms with Gasteiger partial charge in [0.25, 0.3) is 0 Å². The zero-order valence-corrected chi connectivity index (χ0v) is 7.89. The van der Waals surface area contributed by atoms with Crippen molar-refractivity contribution >= 4 is 18.7 Å². The summed E-state index contributed by atoms with van der Waals surface area (Å²) in [5.74, 6) is 0. The summed E-state index contributed by atoms with van der Waals surface area (Å²) in [6, 6.07) is 0. The molecule has 0 spiro atoms. The van der Waals surface area contributed by atoms with Gasteiger partial charge in [0, 0.05) is 20.8 Å². The van der Waals surface area contributed by atoms with Gasteiger partial charge in [0.05, 0.1) is 0 Å². The summed E-state index contributed by atoms with van der Waals surface area (Å²) in [7, 11) is 3.21. The monoisotopic (exact) mass is 185 g/mol. The van der Waals surface area contributed by atoms with E-state index in [0.717, 1.165) is 0 Å². The summed E-state index contributed by atoms with van der Waals surface area (Å²) in [5, 5.41) is 0. The first-order valence-corrected chi connectivity index (χ1v) is 2.92. The summed E-state index contributed by atoms with van der Waals surface area (Å²) in [6.07, 6.45) is 0.588. The number of carbonyl (C=O) groups is 1. The Morgan fingerprint density at radius 1 is 1.45 bits per heavy atom. The first kappa shape index (κ1) is 17.1. The normalized spacial score (nSPS) is 7.73. The molecule has 2 N–H and O–H groups in total. The molecule has 0 unspecified atom stereocenters. The summed E-state index contributed by atoms with van der Waals surface area (Å²) < 4.78 is 9.35. The number of methoxy groups -OCH3 is 2. The number of nitrogens with two attached hydrogens (primary N) is 1. The van der Waals surface area contributed by atoms with Gasteiger partial charge in [0.1, 0.15) is 6.29 Å². The molecule has 0 aromatic heterocycles. The van der Waals surface area contributed by atoms with E-state index in [9.17, 15) is 0 Å². The lowest BCUT2D eigenvalue weighted by atomic mass is 10.8. The number of carbonyl (C=O) groups excluding carboxylic acids is 1. The number of rotatable bonds is 3. The van der Waals surface area contributed by atoms with Gasteiger partial charge < -0.3 is 20.0 Å². The summed E-state index contributed by atoms with van der Waals surface area (Å²) in [6.45, 7) is 1.97. The number of halogens is 1. The predicted octanol–water partition coefficient (Wildman–Crippen LogP) is 0.191. The summed E-state index contributed by atoms with van der Waals surface area (Å²) >= 11 is 0. The minimum absolute atomic E-state index is 0. The molecule has 0 bridgehead atoms. The molecular weight excluding hydrogens is 170 g/mol. The van der Waals surface area contributed by atoms with Crippen molar-refractivity contribution in [2.75, 3.05) is 20.8 Å². The molecule has 0 atom stereocenters. The Bertz CT molecular complexity index is 68.8. The average molecular weight is 186 g/mol. The number of hydrogen-bond acceptors (Lipinski definition) is 4. The number of hydrogen-bond donors (Lipinski definition) is 1. The van der Waals surface area contributed by atoms with Crippen LogP contribution in [0.25, 0.3) is 0 Å². The van der Waals surface area contributed by atoms with Gasteiger partial charge in [0.15, 0.2) is 6.29 Å². The summed E-state index contributed by atoms with van der Waals surface area (Å²) in [4.78, 5) is 9.05. The van der Waals surface area contributed by atoms with Crippen molar-refractivity contribution in [1.29, 1.82) is 0 Å². The van der Waals surface area contributed by atoms with Crippen LogP contribution in [0.3, 0.4) is 0 Å². The van der Waals surface area contributed by atoms with Crippen LogP contribution in [-0.2, 0) is 14.3 Å². The average Bonchev–Trinajstić information content (AvgIpc) is 2.03. The van der Waals surface area contributed by atoms with Crippen molar-refractivity contribution < 1.29 is 14.3 Å². The highest BCUT2D eigenvalue weighted by atomic mass is 35.5. The molecule has 0 saturated heterocycles. The van der Waals surface area contributed by atoms with Crippen molar-refractivity contribution in [2.45, 2.75) is 13.2 Å². The van der Waals surface area contributed by atoms with Gasteiger partial charge in [-0.3, -0.25) is 0 Å². The maximum atomic E-state index is 9.05. The first-order chi connectivity index (χ1) is 4.72. The van der Waals surface area contributed by atoms with Crippen molar-refractivity contribution in [3.05, 3.63) is 0 Å². The van der Waals surface area contributed by atoms with Crippen LogP contribution >= 0.6 is 12.4 Å². The second-order valence-corrected chi connectivity index (χ2v) is 1.44. The Morgan fingerprint density at radius 2 is 1.73 bits per heavy atom. The molecule has 11 heavy (non-hydrogen) atoms. The van der Waals surface area contributed by atoms with Gasteiger partial charge in [0.2, 0.25) is 0 Å². The van der Waals surface area contributed by atoms with Gasteiger partial charge in [-0.2, -0.15) is 0 Å². The Kier molecular flexibility index (Phi) is 25.5. The molecule has 0 aliphatic heterocycles. The minimum Gasteiger partial charge on any atom is -0.356 e. The zero-order valence-electron chi connectivity index (χ0n) is 7.07. The van der Waals surface area contributed by atoms with Crippen molar-refractivity contribution in [2.24, 2.45) is 5.73 Å². The van der Waals surface area contributed by atoms with Crippen LogP contribution in [0.15, 0.2) is 0 Å². The third-order valence-electron chi connectivity index (χ3n) is 0.760. The molecule has 0 aliphatic rings. The van der Waals surface area contributed by atoms with Crippen molar-refractivity contribution in [3.8, 4) is 0 Å². The topological polar surface area (TPSA) is 61.6 Å². The fraction of sp³-hybridized carbons (Fsp3) is 0.833. The Morgan fingerprint density at radius 3 is 1.73 bits per heavy atom. The molecule has 0 radical (unpaired) electrons. The SMILES string of the molecule is COC(C)OC.Cl.NCC=O. The maximum absolute atomic E-state index is 9.05. The van der Waals surface area contributed by atoms with E-state index in [-0.39, 0.29) is 25.2 Å².